The normalized spacial score (nSPS) is 6.69. The minimum Gasteiger partial charge on any atom is -1.00 e. The Kier molecular flexibility index (Phi) is 62.6. The minimum atomic E-state index is -0.817. The second-order valence-corrected chi connectivity index (χ2v) is 7.55. The Labute approximate surface area is 296 Å². The summed E-state index contributed by atoms with van der Waals surface area (Å²) in [6.07, 6.45) is 7.27. The molecule has 0 aromatic carbocycles. The summed E-state index contributed by atoms with van der Waals surface area (Å²) in [5.41, 5.74) is 15.0. The molecule has 0 aliphatic heterocycles. The van der Waals surface area contributed by atoms with Crippen LogP contribution in [-0.4, -0.2) is 46.8 Å². The Morgan fingerprint density at radius 1 is 0.533 bits per heavy atom. The topological polar surface area (TPSA) is 150 Å². The van der Waals surface area contributed by atoms with Gasteiger partial charge in [0.05, 0.1) is 6.42 Å². The third-order valence-corrected chi connectivity index (χ3v) is 3.63. The van der Waals surface area contributed by atoms with Crippen molar-refractivity contribution in [3.63, 3.8) is 0 Å². The molecule has 236 valence electrons. The molecule has 0 fully saturated rings. The van der Waals surface area contributed by atoms with Crippen LogP contribution >= 0.6 is 0 Å². The maximum absolute atomic E-state index is 10.2. The van der Waals surface area contributed by atoms with Gasteiger partial charge in [-0.3, -0.25) is 14.4 Å². The number of carbonyl (C=O) groups is 3. The van der Waals surface area contributed by atoms with Gasteiger partial charge >= 0.3 is 24.8 Å². The molecule has 0 atom stereocenters. The van der Waals surface area contributed by atoms with Crippen LogP contribution in [-0.2, 0) is 14.4 Å². The van der Waals surface area contributed by atoms with E-state index in [4.69, 9.17) is 22.3 Å². The molecule has 0 aromatic rings. The number of primary amides is 2. The second kappa shape index (κ2) is 52.6. The van der Waals surface area contributed by atoms with Crippen molar-refractivity contribution in [3.05, 3.63) is 0 Å². The van der Waals surface area contributed by atoms with Crippen LogP contribution in [0.1, 0.15) is 106 Å². The number of unbranched alkanes of at least 4 members (excludes halogenated alkanes) is 1. The molecule has 0 aromatic heterocycles. The van der Waals surface area contributed by atoms with Gasteiger partial charge in [0, 0.05) is 64.2 Å². The Morgan fingerprint density at radius 2 is 0.800 bits per heavy atom. The number of hydrogen-bond acceptors (Lipinski definition) is 4. The quantitative estimate of drug-likeness (QED) is 0.167. The number of carbonyl (C=O) groups excluding carboxylic acids is 2. The van der Waals surface area contributed by atoms with Gasteiger partial charge in [-0.15, -0.1) is 0 Å². The van der Waals surface area contributed by atoms with Crippen LogP contribution in [0.2, 0.25) is 0 Å². The van der Waals surface area contributed by atoms with E-state index in [0.29, 0.717) is 32.1 Å². The molecule has 0 bridgehead atoms. The number of carboxylic acid groups (broad SMARTS) is 1. The summed E-state index contributed by atoms with van der Waals surface area (Å²) in [7, 11) is 0. The Hall–Kier alpha value is -4.02. The van der Waals surface area contributed by atoms with Crippen LogP contribution in [0.3, 0.4) is 0 Å². The van der Waals surface area contributed by atoms with Crippen molar-refractivity contribution in [2.24, 2.45) is 17.2 Å². The molecule has 0 aliphatic rings. The average molecular weight is 622 g/mol. The average Bonchev–Trinajstić information content (AvgIpc) is 2.97. The van der Waals surface area contributed by atoms with Crippen LogP contribution in [0.25, 0.3) is 0 Å². The van der Waals surface area contributed by atoms with Crippen molar-refractivity contribution in [2.75, 3.05) is 6.54 Å². The van der Waals surface area contributed by atoms with E-state index in [1.54, 1.807) is 0 Å². The van der Waals surface area contributed by atoms with E-state index < -0.39 is 5.97 Å². The molecule has 0 spiro atoms. The zero-order valence-corrected chi connectivity index (χ0v) is 27.1. The smallest absolute Gasteiger partial charge is 1.00 e. The molecule has 7 nitrogen and oxygen atoms in total. The first kappa shape index (κ1) is 53.5. The van der Waals surface area contributed by atoms with E-state index in [-0.39, 0.29) is 55.9 Å². The van der Waals surface area contributed by atoms with Gasteiger partial charge in [0.2, 0.25) is 11.8 Å². The molecular weight excluding hydrogens is 572 g/mol. The van der Waals surface area contributed by atoms with Crippen LogP contribution in [0.4, 0.5) is 0 Å². The fourth-order valence-electron chi connectivity index (χ4n) is 1.69. The van der Waals surface area contributed by atoms with E-state index in [1.807, 2.05) is 27.7 Å². The maximum atomic E-state index is 10.2. The summed E-state index contributed by atoms with van der Waals surface area (Å²) >= 11 is 0. The van der Waals surface area contributed by atoms with E-state index >= 15 is 0 Å². The minimum absolute atomic E-state index is 0. The van der Waals surface area contributed by atoms with Gasteiger partial charge in [-0.25, -0.2) is 0 Å². The first-order valence-corrected chi connectivity index (χ1v) is 14.0. The van der Waals surface area contributed by atoms with Gasteiger partial charge in [0.25, 0.3) is 0 Å². The van der Waals surface area contributed by atoms with E-state index in [1.165, 1.54) is 0 Å². The van der Waals surface area contributed by atoms with Crippen LogP contribution in [0, 0.1) is 94.7 Å². The predicted molar refractivity (Wildman–Crippen MR) is 186 cm³/mol. The van der Waals surface area contributed by atoms with Gasteiger partial charge in [0.15, 0.2) is 17.4 Å². The molecule has 9 heteroatoms. The van der Waals surface area contributed by atoms with Crippen molar-refractivity contribution in [1.29, 1.82) is 0 Å². The van der Waals surface area contributed by atoms with E-state index in [0.717, 1.165) is 45.1 Å². The van der Waals surface area contributed by atoms with Crippen LogP contribution in [0.15, 0.2) is 0 Å². The molecule has 0 saturated carbocycles. The summed E-state index contributed by atoms with van der Waals surface area (Å²) in [4.78, 5) is 30.4. The van der Waals surface area contributed by atoms with Gasteiger partial charge in [-0.2, -0.15) is 0 Å². The standard InChI is InChI=1S/2C9H11NO.C9H13N.C9H10O2.Al.Li.4H/c2*1-2-3-4-5-6-7-8-9(10)11;1-2-3-4-5-6-7-8-9-10;1-2-3-4-5-6-7-8-9(10)11;;;;;;/h2*2,7-8H2,1H3,(H2,10,11);2,7-10H2,1H3;2,7-8H2,1H3,(H,10,11);;;;;;/q;;;;;+1;;;;-1. The summed E-state index contributed by atoms with van der Waals surface area (Å²) < 4.78 is 0. The third-order valence-electron chi connectivity index (χ3n) is 3.63. The first-order valence-electron chi connectivity index (χ1n) is 14.0. The SMILES string of the molecule is CCC#CC#CCCC(=O)O.CCC#CC#CCCC(N)=O.CCC#CC#CCCC(N)=O.CCC#CC#CCCCN.[AlH3].[H-].[Li+]. The number of carboxylic acids is 1. The fraction of sp³-hybridized carbons (Fsp3) is 0.472. The Morgan fingerprint density at radius 3 is 1.04 bits per heavy atom. The largest absolute Gasteiger partial charge is 1.00 e. The number of hydrogen-bond donors (Lipinski definition) is 4. The second-order valence-electron chi connectivity index (χ2n) is 7.55. The maximum Gasteiger partial charge on any atom is 1.00 e. The molecule has 2 amide bonds. The number of aliphatic carboxylic acids is 1. The van der Waals surface area contributed by atoms with Gasteiger partial charge < -0.3 is 23.7 Å². The summed E-state index contributed by atoms with van der Waals surface area (Å²) in [5, 5.41) is 8.21. The zero-order valence-electron chi connectivity index (χ0n) is 28.1. The van der Waals surface area contributed by atoms with Crippen molar-refractivity contribution >= 4 is 35.1 Å². The molecule has 0 heterocycles. The molecule has 0 aliphatic carbocycles. The van der Waals surface area contributed by atoms with Gasteiger partial charge in [-0.05, 0) is 60.3 Å². The van der Waals surface area contributed by atoms with E-state index in [2.05, 4.69) is 94.7 Å². The fourth-order valence-corrected chi connectivity index (χ4v) is 1.69. The van der Waals surface area contributed by atoms with Crippen LogP contribution < -0.4 is 36.1 Å². The summed E-state index contributed by atoms with van der Waals surface area (Å²) in [6, 6.07) is 0. The predicted octanol–water partition coefficient (Wildman–Crippen LogP) is -0.320. The van der Waals surface area contributed by atoms with Crippen LogP contribution in [0.5, 0.6) is 0 Å². The van der Waals surface area contributed by atoms with Crippen molar-refractivity contribution in [1.82, 2.24) is 0 Å². The van der Waals surface area contributed by atoms with Crippen molar-refractivity contribution < 1.29 is 39.8 Å². The van der Waals surface area contributed by atoms with Gasteiger partial charge in [-0.1, -0.05) is 75.1 Å². The van der Waals surface area contributed by atoms with Gasteiger partial charge in [0.1, 0.15) is 0 Å². The third kappa shape index (κ3) is 79.2. The zero-order chi connectivity index (χ0) is 33.2. The molecule has 0 radical (unpaired) electrons. The number of nitrogens with two attached hydrogens (primary N) is 3. The Bertz CT molecular complexity index is 1180. The van der Waals surface area contributed by atoms with Crippen molar-refractivity contribution in [3.8, 4) is 94.7 Å². The summed E-state index contributed by atoms with van der Waals surface area (Å²) in [5.74, 6) is 42.0. The number of amides is 2. The first-order chi connectivity index (χ1) is 20.7. The molecular formula is C36H49AlLiN3O4. The summed E-state index contributed by atoms with van der Waals surface area (Å²) in [6.45, 7) is 8.58. The molecule has 0 unspecified atom stereocenters. The Balaban J connectivity index is -0.0000000864. The molecule has 7 N–H and O–H groups in total. The monoisotopic (exact) mass is 621 g/mol. The van der Waals surface area contributed by atoms with Crippen molar-refractivity contribution in [2.45, 2.75) is 105 Å². The van der Waals surface area contributed by atoms with E-state index in [9.17, 15) is 14.4 Å². The molecule has 45 heavy (non-hydrogen) atoms. The number of rotatable bonds is 8. The molecule has 0 saturated heterocycles. The molecule has 0 rings (SSSR count).